The first-order valence-electron chi connectivity index (χ1n) is 10.4. The molecule has 0 aliphatic carbocycles. The first kappa shape index (κ1) is 22.8. The number of hydrogen-bond acceptors (Lipinski definition) is 10. The lowest BCUT2D eigenvalue weighted by Crippen LogP contribution is -2.13. The van der Waals surface area contributed by atoms with Gasteiger partial charge >= 0.3 is 5.63 Å². The van der Waals surface area contributed by atoms with Crippen LogP contribution in [0.4, 0.5) is 5.13 Å². The van der Waals surface area contributed by atoms with Crippen molar-refractivity contribution in [2.75, 3.05) is 25.4 Å². The summed E-state index contributed by atoms with van der Waals surface area (Å²) in [7, 11) is 3.19. The number of amides is 1. The number of anilines is 1. The number of aromatic nitrogens is 1. The van der Waals surface area contributed by atoms with Gasteiger partial charge in [0, 0.05) is 5.56 Å². The van der Waals surface area contributed by atoms with Crippen molar-refractivity contribution in [2.24, 2.45) is 10.1 Å². The van der Waals surface area contributed by atoms with E-state index in [1.54, 1.807) is 32.6 Å². The number of aliphatic imine (C=N–C) groups is 1. The van der Waals surface area contributed by atoms with Crippen LogP contribution >= 0.6 is 23.1 Å². The highest BCUT2D eigenvalue weighted by molar-refractivity contribution is 8.15. The second-order valence-electron chi connectivity index (χ2n) is 7.26. The Morgan fingerprint density at radius 2 is 1.69 bits per heavy atom. The highest BCUT2D eigenvalue weighted by atomic mass is 32.2. The van der Waals surface area contributed by atoms with Gasteiger partial charge in [-0.05, 0) is 47.5 Å². The van der Waals surface area contributed by atoms with Gasteiger partial charge in [-0.15, -0.1) is 0 Å². The zero-order valence-corrected chi connectivity index (χ0v) is 20.2. The van der Waals surface area contributed by atoms with Crippen LogP contribution in [0.3, 0.4) is 0 Å². The third kappa shape index (κ3) is 4.68. The SMILES string of the molecule is COc1ccc(/C=N/Nc2nc3oc(=O)c(C4=NC(=O)CS4)c(-c4ccc(OC)cc4)c3s2)cc1. The van der Waals surface area contributed by atoms with Crippen LogP contribution in [0.1, 0.15) is 11.1 Å². The molecule has 176 valence electrons. The molecule has 1 aliphatic heterocycles. The number of rotatable bonds is 7. The third-order valence-corrected chi connectivity index (χ3v) is 7.03. The largest absolute Gasteiger partial charge is 0.497 e. The fourth-order valence-electron chi connectivity index (χ4n) is 3.45. The lowest BCUT2D eigenvalue weighted by atomic mass is 10.0. The Labute approximate surface area is 207 Å². The molecule has 2 aromatic carbocycles. The van der Waals surface area contributed by atoms with E-state index in [0.29, 0.717) is 26.2 Å². The van der Waals surface area contributed by atoms with Crippen LogP contribution in [-0.4, -0.2) is 42.1 Å². The molecule has 5 rings (SSSR count). The van der Waals surface area contributed by atoms with Gasteiger partial charge in [-0.3, -0.25) is 10.2 Å². The molecule has 0 radical (unpaired) electrons. The summed E-state index contributed by atoms with van der Waals surface area (Å²) in [6.45, 7) is 0. The molecule has 1 N–H and O–H groups in total. The number of hydrazone groups is 1. The number of thiazole rings is 1. The van der Waals surface area contributed by atoms with E-state index >= 15 is 0 Å². The number of thioether (sulfide) groups is 1. The second kappa shape index (κ2) is 9.72. The minimum Gasteiger partial charge on any atom is -0.497 e. The molecule has 3 heterocycles. The van der Waals surface area contributed by atoms with Crippen molar-refractivity contribution in [3.63, 3.8) is 0 Å². The predicted molar refractivity (Wildman–Crippen MR) is 138 cm³/mol. The molecule has 0 unspecified atom stereocenters. The summed E-state index contributed by atoms with van der Waals surface area (Å²) in [5.41, 5.74) is 4.93. The highest BCUT2D eigenvalue weighted by Gasteiger charge is 2.27. The molecule has 1 aliphatic rings. The van der Waals surface area contributed by atoms with Crippen molar-refractivity contribution >= 4 is 55.8 Å². The van der Waals surface area contributed by atoms with Gasteiger partial charge in [-0.2, -0.15) is 10.1 Å². The number of methoxy groups -OCH3 is 2. The van der Waals surface area contributed by atoms with Gasteiger partial charge < -0.3 is 13.9 Å². The number of hydrogen-bond donors (Lipinski definition) is 1. The summed E-state index contributed by atoms with van der Waals surface area (Å²) in [5, 5.41) is 5.03. The summed E-state index contributed by atoms with van der Waals surface area (Å²) in [6.07, 6.45) is 1.65. The molecule has 0 fully saturated rings. The average molecular weight is 507 g/mol. The monoisotopic (exact) mass is 506 g/mol. The molecule has 0 bridgehead atoms. The lowest BCUT2D eigenvalue weighted by Gasteiger charge is -2.09. The van der Waals surface area contributed by atoms with E-state index in [2.05, 4.69) is 20.5 Å². The van der Waals surface area contributed by atoms with Gasteiger partial charge in [0.25, 0.3) is 5.91 Å². The molecule has 35 heavy (non-hydrogen) atoms. The molecule has 9 nitrogen and oxygen atoms in total. The van der Waals surface area contributed by atoms with Gasteiger partial charge in [-0.25, -0.2) is 9.79 Å². The van der Waals surface area contributed by atoms with Gasteiger partial charge in [0.2, 0.25) is 10.8 Å². The Morgan fingerprint density at radius 3 is 2.31 bits per heavy atom. The maximum atomic E-state index is 13.0. The molecule has 0 saturated heterocycles. The van der Waals surface area contributed by atoms with Crippen molar-refractivity contribution in [3.8, 4) is 22.6 Å². The molecule has 0 saturated carbocycles. The molecule has 0 spiro atoms. The Bertz CT molecular complexity index is 1520. The summed E-state index contributed by atoms with van der Waals surface area (Å²) in [5.74, 6) is 1.33. The van der Waals surface area contributed by atoms with E-state index in [0.717, 1.165) is 16.9 Å². The minimum absolute atomic E-state index is 0.173. The van der Waals surface area contributed by atoms with E-state index in [4.69, 9.17) is 13.9 Å². The van der Waals surface area contributed by atoms with Crippen LogP contribution < -0.4 is 20.5 Å². The molecule has 1 amide bonds. The smallest absolute Gasteiger partial charge is 0.348 e. The number of fused-ring (bicyclic) bond motifs is 1. The first-order valence-corrected chi connectivity index (χ1v) is 12.2. The van der Waals surface area contributed by atoms with Crippen molar-refractivity contribution in [1.29, 1.82) is 0 Å². The first-order chi connectivity index (χ1) is 17.1. The number of ether oxygens (including phenoxy) is 2. The van der Waals surface area contributed by atoms with Crippen molar-refractivity contribution in [3.05, 3.63) is 70.1 Å². The Kier molecular flexibility index (Phi) is 6.34. The lowest BCUT2D eigenvalue weighted by molar-refractivity contribution is -0.115. The Morgan fingerprint density at radius 1 is 1.00 bits per heavy atom. The van der Waals surface area contributed by atoms with Crippen molar-refractivity contribution in [1.82, 2.24) is 4.98 Å². The van der Waals surface area contributed by atoms with E-state index < -0.39 is 5.63 Å². The number of carbonyl (C=O) groups is 1. The standard InChI is InChI=1S/C24H18N4O5S2/c1-31-15-7-3-13(4-8-15)11-25-28-24-27-21-20(35-24)18(14-5-9-16(32-2)10-6-14)19(23(30)33-21)22-26-17(29)12-34-22/h3-11H,12H2,1-2H3,(H,27,28)/b25-11+. The second-order valence-corrected chi connectivity index (χ2v) is 9.23. The molecular weight excluding hydrogens is 488 g/mol. The van der Waals surface area contributed by atoms with E-state index in [1.165, 1.54) is 23.1 Å². The third-order valence-electron chi connectivity index (χ3n) is 5.11. The van der Waals surface area contributed by atoms with Gasteiger partial charge in [0.1, 0.15) is 26.8 Å². The fourth-order valence-corrected chi connectivity index (χ4v) is 5.19. The fraction of sp³-hybridized carbons (Fsp3) is 0.125. The van der Waals surface area contributed by atoms with Crippen molar-refractivity contribution in [2.45, 2.75) is 0 Å². The molecule has 11 heteroatoms. The van der Waals surface area contributed by atoms with Crippen LogP contribution in [0, 0.1) is 0 Å². The number of nitrogens with zero attached hydrogens (tertiary/aromatic N) is 3. The molecule has 2 aromatic heterocycles. The highest BCUT2D eigenvalue weighted by Crippen LogP contribution is 2.38. The molecule has 4 aromatic rings. The maximum absolute atomic E-state index is 13.0. The van der Waals surface area contributed by atoms with Crippen LogP contribution in [0.15, 0.2) is 67.8 Å². The van der Waals surface area contributed by atoms with Gasteiger partial charge in [0.15, 0.2) is 0 Å². The number of carbonyl (C=O) groups excluding carboxylic acids is 1. The zero-order chi connectivity index (χ0) is 24.4. The quantitative estimate of drug-likeness (QED) is 0.290. The number of nitrogens with one attached hydrogen (secondary N) is 1. The van der Waals surface area contributed by atoms with E-state index in [9.17, 15) is 9.59 Å². The number of benzene rings is 2. The van der Waals surface area contributed by atoms with Crippen LogP contribution in [-0.2, 0) is 4.79 Å². The normalized spacial score (nSPS) is 13.4. The average Bonchev–Trinajstić information content (AvgIpc) is 3.49. The summed E-state index contributed by atoms with van der Waals surface area (Å²) in [6, 6.07) is 14.7. The summed E-state index contributed by atoms with van der Waals surface area (Å²) < 4.78 is 16.6. The van der Waals surface area contributed by atoms with Crippen molar-refractivity contribution < 1.29 is 18.7 Å². The van der Waals surface area contributed by atoms with E-state index in [-0.39, 0.29) is 22.9 Å². The van der Waals surface area contributed by atoms with E-state index in [1.807, 2.05) is 36.4 Å². The maximum Gasteiger partial charge on any atom is 0.348 e. The summed E-state index contributed by atoms with van der Waals surface area (Å²) >= 11 is 2.50. The van der Waals surface area contributed by atoms with Gasteiger partial charge in [-0.1, -0.05) is 35.2 Å². The molecular formula is C24H18N4O5S2. The topological polar surface area (TPSA) is 115 Å². The predicted octanol–water partition coefficient (Wildman–Crippen LogP) is 4.40. The molecule has 0 atom stereocenters. The summed E-state index contributed by atoms with van der Waals surface area (Å²) in [4.78, 5) is 33.3. The Hall–Kier alpha value is -3.96. The Balaban J connectivity index is 1.56. The van der Waals surface area contributed by atoms with Crippen LogP contribution in [0.2, 0.25) is 0 Å². The minimum atomic E-state index is -0.608. The van der Waals surface area contributed by atoms with Crippen LogP contribution in [0.5, 0.6) is 11.5 Å². The van der Waals surface area contributed by atoms with Gasteiger partial charge in [0.05, 0.1) is 26.2 Å². The van der Waals surface area contributed by atoms with Crippen LogP contribution in [0.25, 0.3) is 21.5 Å². The zero-order valence-electron chi connectivity index (χ0n) is 18.6.